The number of pyridine rings is 1. The number of nitrogens with zero attached hydrogens (tertiary/aromatic N) is 7. The van der Waals surface area contributed by atoms with Gasteiger partial charge in [-0.05, 0) is 84.0 Å². The van der Waals surface area contributed by atoms with E-state index < -0.39 is 17.6 Å². The van der Waals surface area contributed by atoms with Crippen LogP contribution in [-0.2, 0) is 31.1 Å². The van der Waals surface area contributed by atoms with Crippen LogP contribution in [0.15, 0.2) is 48.8 Å². The smallest absolute Gasteiger partial charge is 0.383 e. The number of likely N-dealkylation sites (tertiary alicyclic amines) is 1. The van der Waals surface area contributed by atoms with Crippen LogP contribution < -0.4 is 10.2 Å². The van der Waals surface area contributed by atoms with Gasteiger partial charge in [-0.2, -0.15) is 18.4 Å². The summed E-state index contributed by atoms with van der Waals surface area (Å²) in [5, 5.41) is 21.0. The number of hydrogen-bond acceptors (Lipinski definition) is 8. The van der Waals surface area contributed by atoms with Gasteiger partial charge in [0, 0.05) is 44.9 Å². The van der Waals surface area contributed by atoms with Crippen LogP contribution in [0.4, 0.5) is 24.8 Å². The van der Waals surface area contributed by atoms with Crippen LogP contribution in [0.25, 0.3) is 22.5 Å². The molecule has 0 aliphatic carbocycles. The summed E-state index contributed by atoms with van der Waals surface area (Å²) in [4.78, 5) is 22.1. The van der Waals surface area contributed by atoms with Gasteiger partial charge >= 0.3 is 6.18 Å². The minimum absolute atomic E-state index is 0.0409. The number of aryl methyl sites for hydroxylation is 1. The number of aromatic nitrogens is 4. The molecule has 1 amide bonds. The second-order valence-corrected chi connectivity index (χ2v) is 12.2. The van der Waals surface area contributed by atoms with Crippen molar-refractivity contribution in [2.45, 2.75) is 39.0 Å². The monoisotopic (exact) mass is 644 g/mol. The van der Waals surface area contributed by atoms with Gasteiger partial charge in [0.05, 0.1) is 30.3 Å². The van der Waals surface area contributed by atoms with Crippen LogP contribution in [0.3, 0.4) is 0 Å². The van der Waals surface area contributed by atoms with Crippen LogP contribution in [0.5, 0.6) is 0 Å². The van der Waals surface area contributed by atoms with E-state index in [-0.39, 0.29) is 23.5 Å². The van der Waals surface area contributed by atoms with E-state index in [1.54, 1.807) is 61.5 Å². The number of anilines is 2. The van der Waals surface area contributed by atoms with Crippen molar-refractivity contribution in [1.82, 2.24) is 24.6 Å². The number of fused-ring (bicyclic) bond motifs is 1. The van der Waals surface area contributed by atoms with E-state index in [0.717, 1.165) is 25.9 Å². The molecule has 1 atom stereocenters. The summed E-state index contributed by atoms with van der Waals surface area (Å²) in [6.45, 7) is 4.61. The zero-order valence-corrected chi connectivity index (χ0v) is 26.4. The number of amides is 1. The highest BCUT2D eigenvalue weighted by molar-refractivity contribution is 6.10. The second-order valence-electron chi connectivity index (χ2n) is 12.2. The number of rotatable bonds is 9. The van der Waals surface area contributed by atoms with Crippen molar-refractivity contribution in [3.05, 3.63) is 76.6 Å². The second kappa shape index (κ2) is 13.1. The lowest BCUT2D eigenvalue weighted by atomic mass is 9.96. The number of ether oxygens (including phenoxy) is 1. The first-order chi connectivity index (χ1) is 22.5. The summed E-state index contributed by atoms with van der Waals surface area (Å²) >= 11 is 0. The zero-order valence-electron chi connectivity index (χ0n) is 26.4. The Morgan fingerprint density at radius 2 is 1.96 bits per heavy atom. The van der Waals surface area contributed by atoms with Gasteiger partial charge in [-0.15, -0.1) is 10.2 Å². The molecular weight excluding hydrogens is 609 g/mol. The summed E-state index contributed by atoms with van der Waals surface area (Å²) in [5.74, 6) is 1.03. The van der Waals surface area contributed by atoms with Crippen LogP contribution in [0.1, 0.15) is 52.4 Å². The van der Waals surface area contributed by atoms with E-state index >= 15 is 0 Å². The number of carbonyl (C=O) groups excluding carboxylic acids is 1. The Balaban J connectivity index is 1.43. The predicted octanol–water partition coefficient (Wildman–Crippen LogP) is 5.89. The van der Waals surface area contributed by atoms with E-state index in [1.807, 2.05) is 0 Å². The van der Waals surface area contributed by atoms with Gasteiger partial charge in [-0.25, -0.2) is 4.98 Å². The molecular formula is C34H35F3N8O2. The molecule has 0 bridgehead atoms. The predicted molar refractivity (Wildman–Crippen MR) is 170 cm³/mol. The fourth-order valence-corrected chi connectivity index (χ4v) is 6.45. The molecule has 2 aliphatic rings. The lowest BCUT2D eigenvalue weighted by Crippen LogP contribution is -2.33. The lowest BCUT2D eigenvalue weighted by Gasteiger charge is -2.31. The number of hydrogen-bond donors (Lipinski definition) is 1. The Morgan fingerprint density at radius 3 is 2.66 bits per heavy atom. The summed E-state index contributed by atoms with van der Waals surface area (Å²) in [6, 6.07) is 13.6. The Kier molecular flexibility index (Phi) is 8.98. The average molecular weight is 645 g/mol. The molecule has 4 aromatic rings. The highest BCUT2D eigenvalue weighted by Crippen LogP contribution is 2.41. The molecule has 244 valence electrons. The standard InChI is InChI=1S/C34H35F3N8O2/c1-21-5-4-9-44(17-21)18-23-12-27-28(29(13-23)34(35,36)37)19-45(33(27)46)31-15-24(14-30(41-31)39-8-10-47-3)25-7-6-22(16-38)11-26(25)32-42-40-20-43(32)2/h6-7,11-15,20-21H,4-5,8-10,17-19H2,1-3H3,(H,39,41)/t21-/m1/s1. The van der Waals surface area contributed by atoms with Gasteiger partial charge < -0.3 is 14.6 Å². The number of piperidine rings is 1. The summed E-state index contributed by atoms with van der Waals surface area (Å²) in [7, 11) is 3.35. The van der Waals surface area contributed by atoms with E-state index in [4.69, 9.17) is 4.74 Å². The molecule has 2 aromatic carbocycles. The minimum Gasteiger partial charge on any atom is -0.383 e. The number of alkyl halides is 3. The molecule has 10 nitrogen and oxygen atoms in total. The van der Waals surface area contributed by atoms with Crippen molar-refractivity contribution >= 4 is 17.5 Å². The molecule has 47 heavy (non-hydrogen) atoms. The quantitative estimate of drug-likeness (QED) is 0.225. The van der Waals surface area contributed by atoms with Crippen molar-refractivity contribution < 1.29 is 22.7 Å². The maximum absolute atomic E-state index is 14.5. The highest BCUT2D eigenvalue weighted by Gasteiger charge is 2.41. The molecule has 1 saturated heterocycles. The third kappa shape index (κ3) is 6.70. The van der Waals surface area contributed by atoms with Crippen LogP contribution >= 0.6 is 0 Å². The maximum Gasteiger partial charge on any atom is 0.416 e. The third-order valence-corrected chi connectivity index (χ3v) is 8.67. The molecule has 0 unspecified atom stereocenters. The molecule has 6 rings (SSSR count). The van der Waals surface area contributed by atoms with E-state index in [0.29, 0.717) is 65.1 Å². The van der Waals surface area contributed by atoms with Crippen LogP contribution in [0.2, 0.25) is 0 Å². The van der Waals surface area contributed by atoms with Crippen molar-refractivity contribution in [2.24, 2.45) is 13.0 Å². The SMILES string of the molecule is COCCNc1cc(-c2ccc(C#N)cc2-c2nncn2C)cc(N2Cc3c(cc(CN4CCC[C@@H](C)C4)cc3C(F)(F)F)C2=O)n1. The fraction of sp³-hybridized carbons (Fsp3) is 0.382. The molecule has 0 spiro atoms. The highest BCUT2D eigenvalue weighted by atomic mass is 19.4. The first kappa shape index (κ1) is 32.2. The fourth-order valence-electron chi connectivity index (χ4n) is 6.45. The number of halogens is 3. The van der Waals surface area contributed by atoms with E-state index in [2.05, 4.69) is 38.4 Å². The Labute approximate surface area is 270 Å². The van der Waals surface area contributed by atoms with Gasteiger partial charge in [-0.1, -0.05) is 13.0 Å². The minimum atomic E-state index is -4.64. The summed E-state index contributed by atoms with van der Waals surface area (Å²) in [5.41, 5.74) is 1.99. The van der Waals surface area contributed by atoms with Crippen molar-refractivity contribution in [2.75, 3.05) is 43.6 Å². The molecule has 13 heteroatoms. The molecule has 0 saturated carbocycles. The first-order valence-electron chi connectivity index (χ1n) is 15.5. The third-order valence-electron chi connectivity index (χ3n) is 8.67. The van der Waals surface area contributed by atoms with Gasteiger partial charge in [0.2, 0.25) is 0 Å². The summed E-state index contributed by atoms with van der Waals surface area (Å²) in [6.07, 6.45) is -1.00. The Hall–Kier alpha value is -4.80. The first-order valence-corrected chi connectivity index (χ1v) is 15.5. The van der Waals surface area contributed by atoms with Gasteiger partial charge in [-0.3, -0.25) is 14.6 Å². The average Bonchev–Trinajstić information content (AvgIpc) is 3.62. The molecule has 2 aromatic heterocycles. The van der Waals surface area contributed by atoms with Crippen molar-refractivity contribution in [3.8, 4) is 28.6 Å². The number of methoxy groups -OCH3 is 1. The molecule has 1 N–H and O–H groups in total. The largest absolute Gasteiger partial charge is 0.416 e. The van der Waals surface area contributed by atoms with Crippen LogP contribution in [0, 0.1) is 17.2 Å². The molecule has 2 aliphatic heterocycles. The van der Waals surface area contributed by atoms with Gasteiger partial charge in [0.1, 0.15) is 18.0 Å². The zero-order chi connectivity index (χ0) is 33.3. The van der Waals surface area contributed by atoms with Crippen molar-refractivity contribution in [1.29, 1.82) is 5.26 Å². The van der Waals surface area contributed by atoms with Crippen LogP contribution in [-0.4, -0.2) is 63.9 Å². The normalized spacial score (nSPS) is 16.7. The number of nitriles is 1. The van der Waals surface area contributed by atoms with Gasteiger partial charge in [0.15, 0.2) is 5.82 Å². The topological polar surface area (TPSA) is 112 Å². The lowest BCUT2D eigenvalue weighted by molar-refractivity contribution is -0.138. The van der Waals surface area contributed by atoms with Gasteiger partial charge in [0.25, 0.3) is 5.91 Å². The number of benzene rings is 2. The molecule has 1 fully saturated rings. The molecule has 4 heterocycles. The Bertz CT molecular complexity index is 1850. The van der Waals surface area contributed by atoms with E-state index in [1.165, 1.54) is 11.0 Å². The maximum atomic E-state index is 14.5. The number of carbonyl (C=O) groups is 1. The molecule has 0 radical (unpaired) electrons. The van der Waals surface area contributed by atoms with E-state index in [9.17, 15) is 23.2 Å². The number of nitrogens with one attached hydrogen (secondary N) is 1. The summed E-state index contributed by atoms with van der Waals surface area (Å²) < 4.78 is 50.4. The Morgan fingerprint density at radius 1 is 1.13 bits per heavy atom. The van der Waals surface area contributed by atoms with Crippen molar-refractivity contribution in [3.63, 3.8) is 0 Å².